The zero-order valence-corrected chi connectivity index (χ0v) is 17.3. The second kappa shape index (κ2) is 11.4. The molecule has 1 N–H and O–H groups in total. The topological polar surface area (TPSA) is 74.6 Å². The predicted octanol–water partition coefficient (Wildman–Crippen LogP) is 3.45. The van der Waals surface area contributed by atoms with Gasteiger partial charge in [-0.15, -0.1) is 0 Å². The summed E-state index contributed by atoms with van der Waals surface area (Å²) < 4.78 is 10.7. The Kier molecular flexibility index (Phi) is 8.28. The first-order valence-corrected chi connectivity index (χ1v) is 10.2. The van der Waals surface area contributed by atoms with Gasteiger partial charge in [0.05, 0.1) is 19.3 Å². The quantitative estimate of drug-likeness (QED) is 0.656. The van der Waals surface area contributed by atoms with Crippen LogP contribution in [-0.4, -0.2) is 50.3 Å². The molecule has 1 fully saturated rings. The summed E-state index contributed by atoms with van der Waals surface area (Å²) in [6.07, 6.45) is 3.25. The Hall–Kier alpha value is -2.85. The smallest absolute Gasteiger partial charge is 0.244 e. The highest BCUT2D eigenvalue weighted by Crippen LogP contribution is 2.27. The van der Waals surface area contributed by atoms with Crippen molar-refractivity contribution < 1.29 is 14.3 Å². The summed E-state index contributed by atoms with van der Waals surface area (Å²) >= 11 is 6.43. The van der Waals surface area contributed by atoms with Gasteiger partial charge in [0.1, 0.15) is 11.8 Å². The Bertz CT molecular complexity index is 903. The van der Waals surface area contributed by atoms with Crippen molar-refractivity contribution in [1.82, 2.24) is 10.2 Å². The standard InChI is InChI=1S/C23H24ClN3O3/c24-21-4-2-1-3-20(21)22(27-12-15-29-16-13-27)17-26-23(28)10-7-18-5-8-19(9-6-18)30-14-11-25/h1-10,22H,12-17H2,(H,26,28)/b10-7+. The van der Waals surface area contributed by atoms with E-state index in [0.717, 1.165) is 24.2 Å². The van der Waals surface area contributed by atoms with Gasteiger partial charge in [0, 0.05) is 30.7 Å². The fourth-order valence-electron chi connectivity index (χ4n) is 3.29. The number of benzene rings is 2. The highest BCUT2D eigenvalue weighted by molar-refractivity contribution is 6.31. The van der Waals surface area contributed by atoms with Crippen LogP contribution in [0.4, 0.5) is 0 Å². The van der Waals surface area contributed by atoms with Gasteiger partial charge in [-0.1, -0.05) is 41.9 Å². The van der Waals surface area contributed by atoms with Crippen LogP contribution in [0.3, 0.4) is 0 Å². The Morgan fingerprint density at radius 3 is 2.67 bits per heavy atom. The van der Waals surface area contributed by atoms with Gasteiger partial charge in [-0.25, -0.2) is 0 Å². The third-order valence-corrected chi connectivity index (χ3v) is 5.18. The molecule has 156 valence electrons. The van der Waals surface area contributed by atoms with Crippen molar-refractivity contribution in [3.05, 3.63) is 70.8 Å². The first kappa shape index (κ1) is 21.8. The molecule has 1 aliphatic rings. The largest absolute Gasteiger partial charge is 0.479 e. The average molecular weight is 426 g/mol. The van der Waals surface area contributed by atoms with E-state index in [1.807, 2.05) is 42.5 Å². The highest BCUT2D eigenvalue weighted by Gasteiger charge is 2.24. The molecule has 2 aromatic rings. The van der Waals surface area contributed by atoms with Gasteiger partial charge < -0.3 is 14.8 Å². The molecule has 0 saturated carbocycles. The van der Waals surface area contributed by atoms with Crippen molar-refractivity contribution in [3.63, 3.8) is 0 Å². The maximum absolute atomic E-state index is 12.4. The number of carbonyl (C=O) groups is 1. The molecule has 0 aliphatic carbocycles. The SMILES string of the molecule is N#CCOc1ccc(/C=C/C(=O)NCC(c2ccccc2Cl)N2CCOCC2)cc1. The van der Waals surface area contributed by atoms with Crippen molar-refractivity contribution in [2.75, 3.05) is 39.5 Å². The zero-order chi connectivity index (χ0) is 21.2. The minimum absolute atomic E-state index is 0.00727. The number of hydrogen-bond acceptors (Lipinski definition) is 5. The Morgan fingerprint density at radius 1 is 1.23 bits per heavy atom. The summed E-state index contributed by atoms with van der Waals surface area (Å²) in [5, 5.41) is 12.2. The molecule has 2 aromatic carbocycles. The molecule has 3 rings (SSSR count). The van der Waals surface area contributed by atoms with Crippen LogP contribution < -0.4 is 10.1 Å². The van der Waals surface area contributed by atoms with Gasteiger partial charge in [-0.2, -0.15) is 5.26 Å². The summed E-state index contributed by atoms with van der Waals surface area (Å²) in [7, 11) is 0. The van der Waals surface area contributed by atoms with E-state index in [1.165, 1.54) is 6.08 Å². The van der Waals surface area contributed by atoms with E-state index in [-0.39, 0.29) is 18.6 Å². The number of amides is 1. The first-order valence-electron chi connectivity index (χ1n) is 9.79. The molecule has 1 unspecified atom stereocenters. The molecule has 0 aromatic heterocycles. The van der Waals surface area contributed by atoms with Gasteiger partial charge >= 0.3 is 0 Å². The molecule has 1 saturated heterocycles. The average Bonchev–Trinajstić information content (AvgIpc) is 2.79. The molecule has 0 bridgehead atoms. The Labute approximate surface area is 181 Å². The van der Waals surface area contributed by atoms with E-state index >= 15 is 0 Å². The molecule has 1 heterocycles. The highest BCUT2D eigenvalue weighted by atomic mass is 35.5. The van der Waals surface area contributed by atoms with Crippen molar-refractivity contribution >= 4 is 23.6 Å². The van der Waals surface area contributed by atoms with E-state index in [1.54, 1.807) is 18.2 Å². The Balaban J connectivity index is 1.60. The van der Waals surface area contributed by atoms with Crippen LogP contribution in [-0.2, 0) is 9.53 Å². The molecule has 30 heavy (non-hydrogen) atoms. The maximum Gasteiger partial charge on any atom is 0.244 e. The molecule has 6 nitrogen and oxygen atoms in total. The fourth-order valence-corrected chi connectivity index (χ4v) is 3.55. The number of rotatable bonds is 8. The van der Waals surface area contributed by atoms with Crippen LogP contribution in [0.1, 0.15) is 17.2 Å². The lowest BCUT2D eigenvalue weighted by molar-refractivity contribution is -0.116. The van der Waals surface area contributed by atoms with Crippen molar-refractivity contribution in [2.45, 2.75) is 6.04 Å². The van der Waals surface area contributed by atoms with Crippen LogP contribution in [0.25, 0.3) is 6.08 Å². The summed E-state index contributed by atoms with van der Waals surface area (Å²) in [5.41, 5.74) is 1.86. The third kappa shape index (κ3) is 6.33. The molecule has 1 atom stereocenters. The number of ether oxygens (including phenoxy) is 2. The predicted molar refractivity (Wildman–Crippen MR) is 116 cm³/mol. The summed E-state index contributed by atoms with van der Waals surface area (Å²) in [5.74, 6) is 0.441. The van der Waals surface area contributed by atoms with Crippen molar-refractivity contribution in [3.8, 4) is 11.8 Å². The number of hydrogen-bond donors (Lipinski definition) is 1. The van der Waals surface area contributed by atoms with Gasteiger partial charge in [0.25, 0.3) is 0 Å². The fraction of sp³-hybridized carbons (Fsp3) is 0.304. The molecule has 1 aliphatic heterocycles. The Morgan fingerprint density at radius 2 is 1.97 bits per heavy atom. The van der Waals surface area contributed by atoms with E-state index in [2.05, 4.69) is 10.2 Å². The van der Waals surface area contributed by atoms with Gasteiger partial charge in [-0.05, 0) is 35.4 Å². The normalized spacial score (nSPS) is 15.5. The third-order valence-electron chi connectivity index (χ3n) is 4.83. The second-order valence-corrected chi connectivity index (χ2v) is 7.19. The van der Waals surface area contributed by atoms with Crippen molar-refractivity contribution in [1.29, 1.82) is 5.26 Å². The zero-order valence-electron chi connectivity index (χ0n) is 16.6. The number of halogens is 1. The van der Waals surface area contributed by atoms with Crippen LogP contribution in [0.5, 0.6) is 5.75 Å². The number of morpholine rings is 1. The second-order valence-electron chi connectivity index (χ2n) is 6.78. The van der Waals surface area contributed by atoms with Crippen LogP contribution in [0, 0.1) is 11.3 Å². The molecule has 0 radical (unpaired) electrons. The minimum Gasteiger partial charge on any atom is -0.479 e. The summed E-state index contributed by atoms with van der Waals surface area (Å²) in [4.78, 5) is 14.7. The van der Waals surface area contributed by atoms with E-state index in [9.17, 15) is 4.79 Å². The van der Waals surface area contributed by atoms with E-state index in [4.69, 9.17) is 26.3 Å². The minimum atomic E-state index is -0.176. The van der Waals surface area contributed by atoms with Gasteiger partial charge in [-0.3, -0.25) is 9.69 Å². The van der Waals surface area contributed by atoms with Crippen molar-refractivity contribution in [2.24, 2.45) is 0 Å². The lowest BCUT2D eigenvalue weighted by Crippen LogP contribution is -2.43. The summed E-state index contributed by atoms with van der Waals surface area (Å²) in [6.45, 7) is 3.39. The lowest BCUT2D eigenvalue weighted by Gasteiger charge is -2.35. The maximum atomic E-state index is 12.4. The monoisotopic (exact) mass is 425 g/mol. The number of nitrogens with zero attached hydrogens (tertiary/aromatic N) is 2. The first-order chi connectivity index (χ1) is 14.7. The molecular weight excluding hydrogens is 402 g/mol. The molecule has 0 spiro atoms. The van der Waals surface area contributed by atoms with Gasteiger partial charge in [0.2, 0.25) is 5.91 Å². The van der Waals surface area contributed by atoms with Crippen LogP contribution in [0.2, 0.25) is 5.02 Å². The van der Waals surface area contributed by atoms with Gasteiger partial charge in [0.15, 0.2) is 6.61 Å². The molecular formula is C23H24ClN3O3. The van der Waals surface area contributed by atoms with Crippen LogP contribution in [0.15, 0.2) is 54.6 Å². The molecule has 1 amide bonds. The van der Waals surface area contributed by atoms with E-state index < -0.39 is 0 Å². The number of nitrogens with one attached hydrogen (secondary N) is 1. The number of carbonyl (C=O) groups excluding carboxylic acids is 1. The summed E-state index contributed by atoms with van der Waals surface area (Å²) in [6, 6.07) is 16.8. The molecule has 7 heteroatoms. The number of nitriles is 1. The lowest BCUT2D eigenvalue weighted by atomic mass is 10.0. The van der Waals surface area contributed by atoms with Crippen LogP contribution >= 0.6 is 11.6 Å². The van der Waals surface area contributed by atoms with E-state index in [0.29, 0.717) is 30.5 Å².